The van der Waals surface area contributed by atoms with E-state index in [-0.39, 0.29) is 12.5 Å². The van der Waals surface area contributed by atoms with Gasteiger partial charge in [-0.15, -0.1) is 0 Å². The van der Waals surface area contributed by atoms with Gasteiger partial charge in [-0.2, -0.15) is 0 Å². The van der Waals surface area contributed by atoms with Crippen LogP contribution in [0.5, 0.6) is 0 Å². The third-order valence-electron chi connectivity index (χ3n) is 4.46. The molecule has 148 valence electrons. The minimum atomic E-state index is -0.706. The second-order valence-electron chi connectivity index (χ2n) is 6.80. The number of hydrogen-bond acceptors (Lipinski definition) is 3. The van der Waals surface area contributed by atoms with Crippen LogP contribution in [0.1, 0.15) is 22.7 Å². The molecule has 7 heteroatoms. The zero-order chi connectivity index (χ0) is 20.7. The number of likely N-dealkylation sites (N-methyl/N-ethyl adjacent to an activating group) is 1. The van der Waals surface area contributed by atoms with E-state index in [1.807, 2.05) is 50.2 Å². The lowest BCUT2D eigenvalue weighted by Gasteiger charge is -2.24. The second-order valence-corrected chi connectivity index (χ2v) is 6.80. The third kappa shape index (κ3) is 5.65. The maximum absolute atomic E-state index is 12.7. The number of amides is 4. The van der Waals surface area contributed by atoms with E-state index in [2.05, 4.69) is 16.0 Å². The fourth-order valence-corrected chi connectivity index (χ4v) is 2.97. The number of hydrogen-bond donors (Lipinski definition) is 4. The highest BCUT2D eigenvalue weighted by atomic mass is 16.2. The van der Waals surface area contributed by atoms with Gasteiger partial charge in [0, 0.05) is 18.3 Å². The molecule has 4 amide bonds. The average Bonchev–Trinajstić information content (AvgIpc) is 2.65. The summed E-state index contributed by atoms with van der Waals surface area (Å²) in [6.45, 7) is 3.95. The molecule has 4 N–H and O–H groups in total. The molecule has 7 nitrogen and oxygen atoms in total. The van der Waals surface area contributed by atoms with Gasteiger partial charge in [-0.05, 0) is 31.0 Å². The maximum Gasteiger partial charge on any atom is 0.321 e. The summed E-state index contributed by atoms with van der Waals surface area (Å²) in [5.74, 6) is -0.678. The van der Waals surface area contributed by atoms with E-state index in [1.165, 1.54) is 7.05 Å². The Bertz CT molecular complexity index is 852. The van der Waals surface area contributed by atoms with E-state index < -0.39 is 18.0 Å². The van der Waals surface area contributed by atoms with Crippen LogP contribution in [0.2, 0.25) is 0 Å². The van der Waals surface area contributed by atoms with E-state index in [9.17, 15) is 14.4 Å². The van der Waals surface area contributed by atoms with E-state index in [4.69, 9.17) is 0 Å². The summed E-state index contributed by atoms with van der Waals surface area (Å²) in [4.78, 5) is 37.5. The van der Waals surface area contributed by atoms with Crippen LogP contribution >= 0.6 is 0 Å². The van der Waals surface area contributed by atoms with Crippen molar-refractivity contribution in [3.05, 3.63) is 65.2 Å². The topological polar surface area (TPSA) is 91.7 Å². The Kier molecular flexibility index (Phi) is 7.28. The van der Waals surface area contributed by atoms with Crippen LogP contribution in [0.3, 0.4) is 0 Å². The number of urea groups is 1. The van der Waals surface area contributed by atoms with Gasteiger partial charge in [0.25, 0.3) is 11.8 Å². The molecule has 0 fully saturated rings. The average molecular weight is 383 g/mol. The number of aryl methyl sites for hydroxylation is 2. The molecule has 0 aliphatic rings. The Morgan fingerprint density at radius 2 is 1.71 bits per heavy atom. The highest BCUT2D eigenvalue weighted by molar-refractivity contribution is 5.97. The van der Waals surface area contributed by atoms with Crippen LogP contribution in [0, 0.1) is 13.8 Å². The Balaban J connectivity index is 2.16. The summed E-state index contributed by atoms with van der Waals surface area (Å²) in [6, 6.07) is 13.6. The Hall–Kier alpha value is -3.19. The van der Waals surface area contributed by atoms with E-state index in [1.54, 1.807) is 19.2 Å². The molecular weight excluding hydrogens is 356 g/mol. The quantitative estimate of drug-likeness (QED) is 0.599. The van der Waals surface area contributed by atoms with E-state index >= 15 is 0 Å². The van der Waals surface area contributed by atoms with Gasteiger partial charge in [-0.25, -0.2) is 4.79 Å². The van der Waals surface area contributed by atoms with E-state index in [0.29, 0.717) is 4.90 Å². The summed E-state index contributed by atoms with van der Waals surface area (Å²) in [5, 5.41) is 7.58. The number of quaternary nitrogens is 1. The molecule has 0 aromatic heterocycles. The van der Waals surface area contributed by atoms with Crippen molar-refractivity contribution in [3.63, 3.8) is 0 Å². The minimum Gasteiger partial charge on any atom is -0.341 e. The number of benzene rings is 2. The zero-order valence-corrected chi connectivity index (χ0v) is 16.6. The molecule has 0 spiro atoms. The van der Waals surface area contributed by atoms with Crippen molar-refractivity contribution in [2.75, 3.05) is 26.0 Å². The highest BCUT2D eigenvalue weighted by Crippen LogP contribution is 2.16. The van der Waals surface area contributed by atoms with Gasteiger partial charge in [0.1, 0.15) is 0 Å². The Morgan fingerprint density at radius 1 is 1.04 bits per heavy atom. The van der Waals surface area contributed by atoms with Crippen LogP contribution in [-0.4, -0.2) is 38.5 Å². The van der Waals surface area contributed by atoms with Crippen molar-refractivity contribution in [3.8, 4) is 0 Å². The molecule has 0 radical (unpaired) electrons. The molecule has 0 saturated carbocycles. The normalized spacial score (nSPS) is 12.6. The van der Waals surface area contributed by atoms with Crippen molar-refractivity contribution in [1.82, 2.24) is 10.6 Å². The van der Waals surface area contributed by atoms with Crippen LogP contribution in [0.15, 0.2) is 48.5 Å². The van der Waals surface area contributed by atoms with Crippen molar-refractivity contribution >= 4 is 23.5 Å². The standard InChI is InChI=1S/C21H26N4O3/c1-14-10-11-15(2)17(12-14)23-18(26)13-25(4)19(16-8-6-5-7-9-16)20(27)24-21(28)22-3/h5-12,19H,13H2,1-4H3,(H,23,26)(H2,22,24,27,28)/p+1/t19-/m0/s1. The molecule has 1 unspecified atom stereocenters. The number of anilines is 1. The third-order valence-corrected chi connectivity index (χ3v) is 4.46. The number of imide groups is 1. The smallest absolute Gasteiger partial charge is 0.321 e. The first-order valence-corrected chi connectivity index (χ1v) is 9.08. The van der Waals surface area contributed by atoms with Crippen molar-refractivity contribution in [2.45, 2.75) is 19.9 Å². The predicted molar refractivity (Wildman–Crippen MR) is 108 cm³/mol. The lowest BCUT2D eigenvalue weighted by molar-refractivity contribution is -0.894. The summed E-state index contributed by atoms with van der Waals surface area (Å²) in [7, 11) is 3.19. The highest BCUT2D eigenvalue weighted by Gasteiger charge is 2.31. The van der Waals surface area contributed by atoms with Crippen LogP contribution < -0.4 is 20.9 Å². The first-order valence-electron chi connectivity index (χ1n) is 9.08. The number of rotatable bonds is 6. The zero-order valence-electron chi connectivity index (χ0n) is 16.6. The first-order chi connectivity index (χ1) is 13.3. The summed E-state index contributed by atoms with van der Waals surface area (Å²) < 4.78 is 0. The van der Waals surface area contributed by atoms with Crippen molar-refractivity contribution in [2.24, 2.45) is 0 Å². The molecule has 28 heavy (non-hydrogen) atoms. The molecule has 0 aliphatic carbocycles. The minimum absolute atomic E-state index is 0.0636. The van der Waals surface area contributed by atoms with Gasteiger partial charge >= 0.3 is 6.03 Å². The molecule has 2 aromatic carbocycles. The predicted octanol–water partition coefficient (Wildman–Crippen LogP) is 0.954. The summed E-state index contributed by atoms with van der Waals surface area (Å²) in [6.07, 6.45) is 0. The fourth-order valence-electron chi connectivity index (χ4n) is 2.97. The molecular formula is C21H27N4O3+. The fraction of sp³-hybridized carbons (Fsp3) is 0.286. The number of carbonyl (C=O) groups is 3. The molecule has 2 aromatic rings. The van der Waals surface area contributed by atoms with Gasteiger partial charge < -0.3 is 15.5 Å². The maximum atomic E-state index is 12.7. The number of carbonyl (C=O) groups excluding carboxylic acids is 3. The lowest BCUT2D eigenvalue weighted by Crippen LogP contribution is -3.11. The molecule has 2 rings (SSSR count). The van der Waals surface area contributed by atoms with Gasteiger partial charge in [0.05, 0.1) is 7.05 Å². The monoisotopic (exact) mass is 383 g/mol. The number of nitrogens with one attached hydrogen (secondary N) is 4. The molecule has 0 bridgehead atoms. The summed E-state index contributed by atoms with van der Waals surface area (Å²) >= 11 is 0. The SMILES string of the molecule is CNC(=O)NC(=O)[C@H](c1ccccc1)[NH+](C)CC(=O)Nc1cc(C)ccc1C. The lowest BCUT2D eigenvalue weighted by atomic mass is 10.0. The largest absolute Gasteiger partial charge is 0.341 e. The molecule has 2 atom stereocenters. The molecule has 0 saturated heterocycles. The van der Waals surface area contributed by atoms with Crippen LogP contribution in [0.4, 0.5) is 10.5 Å². The summed E-state index contributed by atoms with van der Waals surface area (Å²) in [5.41, 5.74) is 3.49. The molecule has 0 heterocycles. The van der Waals surface area contributed by atoms with Gasteiger partial charge in [-0.3, -0.25) is 14.9 Å². The van der Waals surface area contributed by atoms with Gasteiger partial charge in [-0.1, -0.05) is 42.5 Å². The van der Waals surface area contributed by atoms with Crippen molar-refractivity contribution in [1.29, 1.82) is 0 Å². The second kappa shape index (κ2) is 9.66. The van der Waals surface area contributed by atoms with Crippen molar-refractivity contribution < 1.29 is 19.3 Å². The van der Waals surface area contributed by atoms with Gasteiger partial charge in [0.15, 0.2) is 12.6 Å². The Morgan fingerprint density at radius 3 is 2.36 bits per heavy atom. The first kappa shape index (κ1) is 21.1. The Labute approximate surface area is 165 Å². The molecule has 0 aliphatic heterocycles. The van der Waals surface area contributed by atoms with Crippen LogP contribution in [-0.2, 0) is 9.59 Å². The van der Waals surface area contributed by atoms with E-state index in [0.717, 1.165) is 22.4 Å². The van der Waals surface area contributed by atoms with Crippen LogP contribution in [0.25, 0.3) is 0 Å². The van der Waals surface area contributed by atoms with Gasteiger partial charge in [0.2, 0.25) is 0 Å².